The van der Waals surface area contributed by atoms with Crippen LogP contribution >= 0.6 is 15.9 Å². The van der Waals surface area contributed by atoms with Crippen LogP contribution in [0.2, 0.25) is 0 Å². The van der Waals surface area contributed by atoms with E-state index in [2.05, 4.69) is 25.9 Å². The molecular formula is C9H8BrN3O. The molecule has 2 heterocycles. The zero-order valence-electron chi connectivity index (χ0n) is 7.22. The molecule has 14 heavy (non-hydrogen) atoms. The summed E-state index contributed by atoms with van der Waals surface area (Å²) in [6.07, 6.45) is 4.82. The van der Waals surface area contributed by atoms with Gasteiger partial charge in [-0.2, -0.15) is 0 Å². The normalized spacial score (nSPS) is 12.7. The number of rotatable bonds is 2. The first kappa shape index (κ1) is 9.36. The average molecular weight is 254 g/mol. The van der Waals surface area contributed by atoms with Gasteiger partial charge in [0.2, 0.25) is 0 Å². The lowest BCUT2D eigenvalue weighted by Gasteiger charge is -2.06. The summed E-state index contributed by atoms with van der Waals surface area (Å²) in [5, 5.41) is 0. The van der Waals surface area contributed by atoms with Gasteiger partial charge >= 0.3 is 0 Å². The molecule has 2 rings (SSSR count). The summed E-state index contributed by atoms with van der Waals surface area (Å²) < 4.78 is 6.00. The zero-order chi connectivity index (χ0) is 9.97. The standard InChI is InChI=1S/C9H8BrN3O/c10-8-2-1-7(14-8)9(11)6-3-12-5-13-4-6/h1-5,9H,11H2. The van der Waals surface area contributed by atoms with Gasteiger partial charge in [-0.3, -0.25) is 0 Å². The highest BCUT2D eigenvalue weighted by atomic mass is 79.9. The quantitative estimate of drug-likeness (QED) is 0.888. The van der Waals surface area contributed by atoms with Gasteiger partial charge < -0.3 is 10.2 Å². The summed E-state index contributed by atoms with van der Waals surface area (Å²) in [6.45, 7) is 0. The SMILES string of the molecule is NC(c1cncnc1)c1ccc(Br)o1. The van der Waals surface area contributed by atoms with Crippen molar-refractivity contribution in [2.24, 2.45) is 5.73 Å². The Morgan fingerprint density at radius 2 is 2.00 bits per heavy atom. The van der Waals surface area contributed by atoms with Crippen LogP contribution in [-0.2, 0) is 0 Å². The van der Waals surface area contributed by atoms with Crippen molar-refractivity contribution in [2.45, 2.75) is 6.04 Å². The first-order valence-corrected chi connectivity index (χ1v) is 4.82. The smallest absolute Gasteiger partial charge is 0.169 e. The molecule has 5 heteroatoms. The fraction of sp³-hybridized carbons (Fsp3) is 0.111. The molecule has 1 unspecified atom stereocenters. The maximum Gasteiger partial charge on any atom is 0.169 e. The first-order valence-electron chi connectivity index (χ1n) is 4.03. The number of nitrogens with two attached hydrogens (primary N) is 1. The van der Waals surface area contributed by atoms with Crippen molar-refractivity contribution >= 4 is 15.9 Å². The van der Waals surface area contributed by atoms with Crippen LogP contribution in [-0.4, -0.2) is 9.97 Å². The molecular weight excluding hydrogens is 246 g/mol. The molecule has 2 aromatic rings. The summed E-state index contributed by atoms with van der Waals surface area (Å²) in [6, 6.07) is 3.31. The van der Waals surface area contributed by atoms with Crippen LogP contribution in [0.15, 0.2) is 39.9 Å². The Morgan fingerprint density at radius 3 is 2.57 bits per heavy atom. The number of aromatic nitrogens is 2. The number of nitrogens with zero attached hydrogens (tertiary/aromatic N) is 2. The van der Waals surface area contributed by atoms with E-state index >= 15 is 0 Å². The maximum atomic E-state index is 5.94. The topological polar surface area (TPSA) is 64.9 Å². The van der Waals surface area contributed by atoms with Crippen molar-refractivity contribution in [3.63, 3.8) is 0 Å². The van der Waals surface area contributed by atoms with Gasteiger partial charge in [-0.15, -0.1) is 0 Å². The second-order valence-electron chi connectivity index (χ2n) is 2.79. The summed E-state index contributed by atoms with van der Waals surface area (Å²) in [4.78, 5) is 7.79. The van der Waals surface area contributed by atoms with Gasteiger partial charge in [0.15, 0.2) is 4.67 Å². The van der Waals surface area contributed by atoms with Crippen LogP contribution in [0.1, 0.15) is 17.4 Å². The zero-order valence-corrected chi connectivity index (χ0v) is 8.81. The van der Waals surface area contributed by atoms with E-state index in [1.165, 1.54) is 6.33 Å². The number of furan rings is 1. The minimum Gasteiger partial charge on any atom is -0.452 e. The lowest BCUT2D eigenvalue weighted by molar-refractivity contribution is 0.469. The Hall–Kier alpha value is -1.20. The molecule has 0 spiro atoms. The van der Waals surface area contributed by atoms with Gasteiger partial charge in [-0.05, 0) is 28.1 Å². The van der Waals surface area contributed by atoms with E-state index < -0.39 is 0 Å². The molecule has 0 aliphatic heterocycles. The highest BCUT2D eigenvalue weighted by Crippen LogP contribution is 2.22. The molecule has 0 bridgehead atoms. The molecule has 0 aliphatic rings. The fourth-order valence-electron chi connectivity index (χ4n) is 1.13. The van der Waals surface area contributed by atoms with Crippen LogP contribution in [0.25, 0.3) is 0 Å². The van der Waals surface area contributed by atoms with Crippen molar-refractivity contribution in [1.29, 1.82) is 0 Å². The monoisotopic (exact) mass is 253 g/mol. The largest absolute Gasteiger partial charge is 0.452 e. The summed E-state index contributed by atoms with van der Waals surface area (Å²) in [7, 11) is 0. The molecule has 2 N–H and O–H groups in total. The van der Waals surface area contributed by atoms with Gasteiger partial charge in [0.05, 0.1) is 6.04 Å². The highest BCUT2D eigenvalue weighted by molar-refractivity contribution is 9.10. The van der Waals surface area contributed by atoms with Crippen LogP contribution < -0.4 is 5.73 Å². The van der Waals surface area contributed by atoms with Crippen molar-refractivity contribution in [3.05, 3.63) is 46.8 Å². The molecule has 0 fully saturated rings. The lowest BCUT2D eigenvalue weighted by atomic mass is 10.1. The summed E-state index contributed by atoms with van der Waals surface area (Å²) in [5.41, 5.74) is 6.76. The Morgan fingerprint density at radius 1 is 1.29 bits per heavy atom. The fourth-order valence-corrected chi connectivity index (χ4v) is 1.45. The summed E-state index contributed by atoms with van der Waals surface area (Å²) in [5.74, 6) is 0.687. The molecule has 0 aliphatic carbocycles. The van der Waals surface area contributed by atoms with E-state index in [9.17, 15) is 0 Å². The highest BCUT2D eigenvalue weighted by Gasteiger charge is 2.12. The molecule has 0 radical (unpaired) electrons. The van der Waals surface area contributed by atoms with Crippen LogP contribution in [0.5, 0.6) is 0 Å². The maximum absolute atomic E-state index is 5.94. The van der Waals surface area contributed by atoms with E-state index in [1.54, 1.807) is 18.5 Å². The molecule has 1 atom stereocenters. The van der Waals surface area contributed by atoms with E-state index in [0.29, 0.717) is 10.4 Å². The molecule has 72 valence electrons. The first-order chi connectivity index (χ1) is 6.77. The Kier molecular flexibility index (Phi) is 2.60. The van der Waals surface area contributed by atoms with E-state index in [-0.39, 0.29) is 6.04 Å². The lowest BCUT2D eigenvalue weighted by Crippen LogP contribution is -2.11. The minimum atomic E-state index is -0.317. The Balaban J connectivity index is 2.29. The molecule has 0 saturated heterocycles. The number of hydrogen-bond donors (Lipinski definition) is 1. The minimum absolute atomic E-state index is 0.317. The van der Waals surface area contributed by atoms with Gasteiger partial charge in [0.25, 0.3) is 0 Å². The van der Waals surface area contributed by atoms with Gasteiger partial charge in [-0.25, -0.2) is 9.97 Å². The van der Waals surface area contributed by atoms with Crippen molar-refractivity contribution in [3.8, 4) is 0 Å². The summed E-state index contributed by atoms with van der Waals surface area (Å²) >= 11 is 3.22. The Bertz CT molecular complexity index is 415. The van der Waals surface area contributed by atoms with Crippen molar-refractivity contribution in [2.75, 3.05) is 0 Å². The predicted molar refractivity (Wildman–Crippen MR) is 54.5 cm³/mol. The number of halogens is 1. The molecule has 4 nitrogen and oxygen atoms in total. The molecule has 0 amide bonds. The van der Waals surface area contributed by atoms with Gasteiger partial charge in [0, 0.05) is 18.0 Å². The molecule has 2 aromatic heterocycles. The molecule has 0 saturated carbocycles. The van der Waals surface area contributed by atoms with E-state index in [0.717, 1.165) is 5.56 Å². The van der Waals surface area contributed by atoms with Gasteiger partial charge in [-0.1, -0.05) is 0 Å². The third-order valence-electron chi connectivity index (χ3n) is 1.84. The van der Waals surface area contributed by atoms with Crippen LogP contribution in [0.4, 0.5) is 0 Å². The second kappa shape index (κ2) is 3.89. The third kappa shape index (κ3) is 1.83. The van der Waals surface area contributed by atoms with Crippen molar-refractivity contribution in [1.82, 2.24) is 9.97 Å². The second-order valence-corrected chi connectivity index (χ2v) is 3.57. The van der Waals surface area contributed by atoms with Gasteiger partial charge in [0.1, 0.15) is 12.1 Å². The van der Waals surface area contributed by atoms with Crippen LogP contribution in [0.3, 0.4) is 0 Å². The number of hydrogen-bond acceptors (Lipinski definition) is 4. The van der Waals surface area contributed by atoms with E-state index in [4.69, 9.17) is 10.2 Å². The van der Waals surface area contributed by atoms with Crippen LogP contribution in [0, 0.1) is 0 Å². The van der Waals surface area contributed by atoms with E-state index in [1.807, 2.05) is 6.07 Å². The Labute approximate surface area is 89.3 Å². The van der Waals surface area contributed by atoms with Crippen molar-refractivity contribution < 1.29 is 4.42 Å². The predicted octanol–water partition coefficient (Wildman–Crippen LogP) is 1.88. The molecule has 0 aromatic carbocycles. The third-order valence-corrected chi connectivity index (χ3v) is 2.27. The average Bonchev–Trinajstić information content (AvgIpc) is 2.65.